The second-order valence-corrected chi connectivity index (χ2v) is 7.09. The molecule has 0 amide bonds. The van der Waals surface area contributed by atoms with Crippen LogP contribution in [0.1, 0.15) is 19.3 Å². The second-order valence-electron chi connectivity index (χ2n) is 4.98. The number of aliphatic hydroxyl groups excluding tert-OH is 1. The first-order chi connectivity index (χ1) is 8.98. The summed E-state index contributed by atoms with van der Waals surface area (Å²) >= 11 is 0. The maximum Gasteiger partial charge on any atom is 0.307 e. The van der Waals surface area contributed by atoms with Crippen molar-refractivity contribution in [3.8, 4) is 0 Å². The minimum absolute atomic E-state index is 0.153. The second kappa shape index (κ2) is 5.74. The van der Waals surface area contributed by atoms with Gasteiger partial charge in [-0.15, -0.1) is 0 Å². The first kappa shape index (κ1) is 14.7. The Morgan fingerprint density at radius 2 is 2.11 bits per heavy atom. The van der Waals surface area contributed by atoms with Crippen LogP contribution in [0.2, 0.25) is 0 Å². The fourth-order valence-electron chi connectivity index (χ4n) is 2.86. The van der Waals surface area contributed by atoms with Gasteiger partial charge in [-0.05, 0) is 12.8 Å². The summed E-state index contributed by atoms with van der Waals surface area (Å²) in [6.07, 6.45) is 1.37. The van der Waals surface area contributed by atoms with E-state index in [9.17, 15) is 18.3 Å². The van der Waals surface area contributed by atoms with Gasteiger partial charge in [-0.3, -0.25) is 4.79 Å². The molecular weight excluding hydrogens is 274 g/mol. The molecular formula is C11H19NO6S. The summed E-state index contributed by atoms with van der Waals surface area (Å²) in [6.45, 7) is 0.292. The lowest BCUT2D eigenvalue weighted by molar-refractivity contribution is -0.141. The summed E-state index contributed by atoms with van der Waals surface area (Å²) in [6, 6.07) is -0.603. The van der Waals surface area contributed by atoms with Gasteiger partial charge < -0.3 is 14.9 Å². The van der Waals surface area contributed by atoms with E-state index in [0.29, 0.717) is 19.3 Å². The number of aliphatic hydroxyl groups is 1. The number of sulfonamides is 1. The SMILES string of the molecule is O=C(O)C1CCCC1S(=O)(=O)N1CCOCC1CO. The molecule has 2 aliphatic rings. The van der Waals surface area contributed by atoms with Crippen molar-refractivity contribution in [2.45, 2.75) is 30.6 Å². The molecule has 2 N–H and O–H groups in total. The zero-order valence-electron chi connectivity index (χ0n) is 10.6. The molecule has 1 heterocycles. The quantitative estimate of drug-likeness (QED) is 0.707. The average Bonchev–Trinajstić information content (AvgIpc) is 2.88. The highest BCUT2D eigenvalue weighted by molar-refractivity contribution is 7.89. The van der Waals surface area contributed by atoms with E-state index in [4.69, 9.17) is 9.84 Å². The Balaban J connectivity index is 2.23. The summed E-state index contributed by atoms with van der Waals surface area (Å²) in [5.41, 5.74) is 0. The molecule has 0 radical (unpaired) electrons. The molecule has 2 fully saturated rings. The van der Waals surface area contributed by atoms with Crippen LogP contribution in [0.15, 0.2) is 0 Å². The van der Waals surface area contributed by atoms with E-state index in [-0.39, 0.29) is 26.4 Å². The standard InChI is InChI=1S/C11H19NO6S/c13-6-8-7-18-5-4-12(8)19(16,17)10-3-1-2-9(10)11(14)15/h8-10,13H,1-7H2,(H,14,15). The lowest BCUT2D eigenvalue weighted by Gasteiger charge is -2.35. The number of carboxylic acids is 1. The van der Waals surface area contributed by atoms with Crippen molar-refractivity contribution in [2.75, 3.05) is 26.4 Å². The van der Waals surface area contributed by atoms with E-state index in [0.717, 1.165) is 0 Å². The Bertz CT molecular complexity index is 436. The molecule has 1 saturated carbocycles. The molecule has 0 aromatic rings. The predicted molar refractivity (Wildman–Crippen MR) is 66.1 cm³/mol. The lowest BCUT2D eigenvalue weighted by Crippen LogP contribution is -2.54. The zero-order chi connectivity index (χ0) is 14.0. The number of carbonyl (C=O) groups is 1. The van der Waals surface area contributed by atoms with Crippen molar-refractivity contribution >= 4 is 16.0 Å². The molecule has 0 spiro atoms. The number of rotatable bonds is 4. The third-order valence-electron chi connectivity index (χ3n) is 3.86. The van der Waals surface area contributed by atoms with E-state index < -0.39 is 33.2 Å². The maximum atomic E-state index is 12.6. The van der Waals surface area contributed by atoms with Crippen LogP contribution in [-0.4, -0.2) is 66.6 Å². The minimum atomic E-state index is -3.70. The lowest BCUT2D eigenvalue weighted by atomic mass is 10.1. The topological polar surface area (TPSA) is 104 Å². The van der Waals surface area contributed by atoms with Crippen molar-refractivity contribution in [3.63, 3.8) is 0 Å². The van der Waals surface area contributed by atoms with Gasteiger partial charge in [0.25, 0.3) is 0 Å². The Labute approximate surface area is 112 Å². The molecule has 0 bridgehead atoms. The average molecular weight is 293 g/mol. The number of morpholine rings is 1. The van der Waals surface area contributed by atoms with Gasteiger partial charge in [0.15, 0.2) is 0 Å². The number of hydrogen-bond donors (Lipinski definition) is 2. The monoisotopic (exact) mass is 293 g/mol. The number of aliphatic carboxylic acids is 1. The highest BCUT2D eigenvalue weighted by atomic mass is 32.2. The van der Waals surface area contributed by atoms with E-state index in [1.165, 1.54) is 4.31 Å². The Kier molecular flexibility index (Phi) is 4.44. The summed E-state index contributed by atoms with van der Waals surface area (Å²) in [5, 5.41) is 17.5. The molecule has 8 heteroatoms. The third kappa shape index (κ3) is 2.76. The fraction of sp³-hybridized carbons (Fsp3) is 0.909. The molecule has 7 nitrogen and oxygen atoms in total. The molecule has 110 valence electrons. The van der Waals surface area contributed by atoms with E-state index in [1.807, 2.05) is 0 Å². The van der Waals surface area contributed by atoms with Crippen LogP contribution in [0.5, 0.6) is 0 Å². The van der Waals surface area contributed by atoms with Gasteiger partial charge in [0.1, 0.15) is 0 Å². The van der Waals surface area contributed by atoms with Crippen molar-refractivity contribution in [2.24, 2.45) is 5.92 Å². The van der Waals surface area contributed by atoms with Crippen molar-refractivity contribution in [3.05, 3.63) is 0 Å². The van der Waals surface area contributed by atoms with Crippen LogP contribution in [0.25, 0.3) is 0 Å². The van der Waals surface area contributed by atoms with E-state index >= 15 is 0 Å². The van der Waals surface area contributed by atoms with Crippen LogP contribution >= 0.6 is 0 Å². The molecule has 1 aliphatic heterocycles. The zero-order valence-corrected chi connectivity index (χ0v) is 11.4. The fourth-order valence-corrected chi connectivity index (χ4v) is 5.21. The number of ether oxygens (including phenoxy) is 1. The molecule has 1 aliphatic carbocycles. The molecule has 0 aromatic heterocycles. The van der Waals surface area contributed by atoms with Crippen molar-refractivity contribution < 1.29 is 28.2 Å². The van der Waals surface area contributed by atoms with Gasteiger partial charge in [0.05, 0.1) is 37.0 Å². The summed E-state index contributed by atoms with van der Waals surface area (Å²) in [4.78, 5) is 11.1. The molecule has 2 rings (SSSR count). The van der Waals surface area contributed by atoms with E-state index in [2.05, 4.69) is 0 Å². The Hall–Kier alpha value is -0.700. The Morgan fingerprint density at radius 3 is 2.74 bits per heavy atom. The summed E-state index contributed by atoms with van der Waals surface area (Å²) < 4.78 is 31.5. The van der Waals surface area contributed by atoms with Gasteiger partial charge in [0.2, 0.25) is 10.0 Å². The predicted octanol–water partition coefficient (Wildman–Crippen LogP) is -0.737. The highest BCUT2D eigenvalue weighted by Gasteiger charge is 2.46. The third-order valence-corrected chi connectivity index (χ3v) is 6.33. The normalized spacial score (nSPS) is 33.4. The van der Waals surface area contributed by atoms with Crippen LogP contribution in [0, 0.1) is 5.92 Å². The molecule has 3 unspecified atom stereocenters. The van der Waals surface area contributed by atoms with Crippen molar-refractivity contribution in [1.29, 1.82) is 0 Å². The van der Waals surface area contributed by atoms with E-state index in [1.54, 1.807) is 0 Å². The molecule has 1 saturated heterocycles. The van der Waals surface area contributed by atoms with Gasteiger partial charge in [-0.25, -0.2) is 8.42 Å². The van der Waals surface area contributed by atoms with Crippen LogP contribution < -0.4 is 0 Å². The summed E-state index contributed by atoms with van der Waals surface area (Å²) in [7, 11) is -3.70. The van der Waals surface area contributed by atoms with Gasteiger partial charge in [-0.1, -0.05) is 6.42 Å². The number of carboxylic acid groups (broad SMARTS) is 1. The first-order valence-electron chi connectivity index (χ1n) is 6.40. The number of hydrogen-bond acceptors (Lipinski definition) is 5. The Morgan fingerprint density at radius 1 is 1.37 bits per heavy atom. The highest BCUT2D eigenvalue weighted by Crippen LogP contribution is 2.34. The van der Waals surface area contributed by atoms with Gasteiger partial charge >= 0.3 is 5.97 Å². The smallest absolute Gasteiger partial charge is 0.307 e. The van der Waals surface area contributed by atoms with Crippen LogP contribution in [-0.2, 0) is 19.6 Å². The molecule has 0 aromatic carbocycles. The largest absolute Gasteiger partial charge is 0.481 e. The summed E-state index contributed by atoms with van der Waals surface area (Å²) in [5.74, 6) is -1.90. The minimum Gasteiger partial charge on any atom is -0.481 e. The van der Waals surface area contributed by atoms with Crippen molar-refractivity contribution in [1.82, 2.24) is 4.31 Å². The van der Waals surface area contributed by atoms with Crippen LogP contribution in [0.3, 0.4) is 0 Å². The number of nitrogens with zero attached hydrogens (tertiary/aromatic N) is 1. The van der Waals surface area contributed by atoms with Gasteiger partial charge in [0, 0.05) is 6.54 Å². The van der Waals surface area contributed by atoms with Gasteiger partial charge in [-0.2, -0.15) is 4.31 Å². The molecule has 19 heavy (non-hydrogen) atoms. The molecule has 3 atom stereocenters. The maximum absolute atomic E-state index is 12.6. The first-order valence-corrected chi connectivity index (χ1v) is 7.91. The van der Waals surface area contributed by atoms with Crippen LogP contribution in [0.4, 0.5) is 0 Å².